The maximum Gasteiger partial charge on any atom is 0.165 e. The highest BCUT2D eigenvalue weighted by molar-refractivity contribution is 9.10. The molecule has 6 heteroatoms. The van der Waals surface area contributed by atoms with Crippen LogP contribution in [0.3, 0.4) is 0 Å². The van der Waals surface area contributed by atoms with Gasteiger partial charge in [0.2, 0.25) is 0 Å². The molecule has 0 saturated heterocycles. The lowest BCUT2D eigenvalue weighted by Crippen LogP contribution is -2.07. The van der Waals surface area contributed by atoms with Gasteiger partial charge < -0.3 is 5.32 Å². The van der Waals surface area contributed by atoms with E-state index in [9.17, 15) is 0 Å². The number of rotatable bonds is 6. The molecule has 2 aromatic heterocycles. The minimum absolute atomic E-state index is 0.725. The van der Waals surface area contributed by atoms with Crippen LogP contribution in [0.1, 0.15) is 32.9 Å². The molecular formula is C14H20BrN5. The third kappa shape index (κ3) is 3.17. The van der Waals surface area contributed by atoms with Crippen molar-refractivity contribution >= 4 is 21.7 Å². The quantitative estimate of drug-likeness (QED) is 0.876. The lowest BCUT2D eigenvalue weighted by atomic mass is 10.2. The summed E-state index contributed by atoms with van der Waals surface area (Å²) in [5, 5.41) is 7.63. The normalized spacial score (nSPS) is 10.8. The van der Waals surface area contributed by atoms with E-state index in [1.165, 1.54) is 0 Å². The molecule has 0 aliphatic carbocycles. The first kappa shape index (κ1) is 15.0. The molecule has 0 bridgehead atoms. The fraction of sp³-hybridized carbons (Fsp3) is 0.500. The number of anilines is 1. The molecule has 0 aliphatic heterocycles. The standard InChI is InChI=1S/C14H20BrN5/c1-4-7-16-14-12(15)11(5-2)18-13(19-14)10-8-17-20(6-3)9-10/h8-9H,4-7H2,1-3H3,(H,16,18,19). The first-order valence-electron chi connectivity index (χ1n) is 7.02. The van der Waals surface area contributed by atoms with Crippen molar-refractivity contribution in [3.05, 3.63) is 22.6 Å². The van der Waals surface area contributed by atoms with Gasteiger partial charge in [-0.15, -0.1) is 0 Å². The maximum atomic E-state index is 4.63. The van der Waals surface area contributed by atoms with Crippen LogP contribution >= 0.6 is 15.9 Å². The molecule has 0 aliphatic rings. The van der Waals surface area contributed by atoms with Gasteiger partial charge in [0.15, 0.2) is 5.82 Å². The van der Waals surface area contributed by atoms with E-state index in [-0.39, 0.29) is 0 Å². The Hall–Kier alpha value is -1.43. The molecule has 0 aromatic carbocycles. The second-order valence-corrected chi connectivity index (χ2v) is 5.31. The van der Waals surface area contributed by atoms with Crippen molar-refractivity contribution in [2.24, 2.45) is 0 Å². The molecule has 0 spiro atoms. The van der Waals surface area contributed by atoms with E-state index < -0.39 is 0 Å². The first-order chi connectivity index (χ1) is 9.69. The highest BCUT2D eigenvalue weighted by Gasteiger charge is 2.13. The molecule has 0 amide bonds. The van der Waals surface area contributed by atoms with Crippen LogP contribution in [-0.2, 0) is 13.0 Å². The van der Waals surface area contributed by atoms with Crippen LogP contribution in [-0.4, -0.2) is 26.3 Å². The Labute approximate surface area is 128 Å². The Morgan fingerprint density at radius 2 is 2.05 bits per heavy atom. The van der Waals surface area contributed by atoms with E-state index in [1.54, 1.807) is 0 Å². The summed E-state index contributed by atoms with van der Waals surface area (Å²) in [6.07, 6.45) is 5.71. The number of nitrogens with zero attached hydrogens (tertiary/aromatic N) is 4. The van der Waals surface area contributed by atoms with Gasteiger partial charge in [0.25, 0.3) is 0 Å². The van der Waals surface area contributed by atoms with Gasteiger partial charge in [-0.05, 0) is 35.7 Å². The lowest BCUT2D eigenvalue weighted by Gasteiger charge is -2.11. The van der Waals surface area contributed by atoms with Crippen LogP contribution in [0.15, 0.2) is 16.9 Å². The van der Waals surface area contributed by atoms with Gasteiger partial charge in [-0.25, -0.2) is 9.97 Å². The average molecular weight is 338 g/mol. The second kappa shape index (κ2) is 6.83. The van der Waals surface area contributed by atoms with Crippen LogP contribution < -0.4 is 5.32 Å². The Morgan fingerprint density at radius 1 is 1.25 bits per heavy atom. The van der Waals surface area contributed by atoms with Gasteiger partial charge in [-0.3, -0.25) is 4.68 Å². The third-order valence-corrected chi connectivity index (χ3v) is 3.85. The number of nitrogens with one attached hydrogen (secondary N) is 1. The summed E-state index contributed by atoms with van der Waals surface area (Å²) in [4.78, 5) is 9.24. The summed E-state index contributed by atoms with van der Waals surface area (Å²) in [5.74, 6) is 1.58. The van der Waals surface area contributed by atoms with Gasteiger partial charge in [-0.1, -0.05) is 13.8 Å². The van der Waals surface area contributed by atoms with Crippen LogP contribution in [0.4, 0.5) is 5.82 Å². The number of halogens is 1. The van der Waals surface area contributed by atoms with E-state index in [2.05, 4.69) is 57.1 Å². The fourth-order valence-electron chi connectivity index (χ4n) is 1.87. The van der Waals surface area contributed by atoms with Crippen molar-refractivity contribution in [1.82, 2.24) is 19.7 Å². The molecule has 0 atom stereocenters. The van der Waals surface area contributed by atoms with Crippen LogP contribution in [0, 0.1) is 0 Å². The van der Waals surface area contributed by atoms with Gasteiger partial charge in [0.1, 0.15) is 5.82 Å². The second-order valence-electron chi connectivity index (χ2n) is 4.52. The van der Waals surface area contributed by atoms with E-state index in [1.807, 2.05) is 17.1 Å². The van der Waals surface area contributed by atoms with Crippen molar-refractivity contribution in [2.75, 3.05) is 11.9 Å². The van der Waals surface area contributed by atoms with Crippen LogP contribution in [0.25, 0.3) is 11.4 Å². The monoisotopic (exact) mass is 337 g/mol. The predicted molar refractivity (Wildman–Crippen MR) is 84.8 cm³/mol. The molecule has 5 nitrogen and oxygen atoms in total. The molecule has 0 unspecified atom stereocenters. The molecule has 108 valence electrons. The molecule has 2 heterocycles. The molecular weight excluding hydrogens is 318 g/mol. The molecule has 20 heavy (non-hydrogen) atoms. The molecule has 0 fully saturated rings. The highest BCUT2D eigenvalue weighted by Crippen LogP contribution is 2.27. The van der Waals surface area contributed by atoms with Gasteiger partial charge >= 0.3 is 0 Å². The van der Waals surface area contributed by atoms with Crippen molar-refractivity contribution < 1.29 is 0 Å². The largest absolute Gasteiger partial charge is 0.369 e. The van der Waals surface area contributed by atoms with Crippen molar-refractivity contribution in [1.29, 1.82) is 0 Å². The molecule has 0 radical (unpaired) electrons. The predicted octanol–water partition coefficient (Wildman–Crippen LogP) is 3.51. The zero-order valence-corrected chi connectivity index (χ0v) is 13.7. The number of aryl methyl sites for hydroxylation is 2. The van der Waals surface area contributed by atoms with Gasteiger partial charge in [0.05, 0.1) is 21.9 Å². The molecule has 2 aromatic rings. The zero-order valence-electron chi connectivity index (χ0n) is 12.1. The van der Waals surface area contributed by atoms with E-state index in [0.717, 1.165) is 53.3 Å². The molecule has 2 rings (SSSR count). The minimum atomic E-state index is 0.725. The Kier molecular flexibility index (Phi) is 5.11. The average Bonchev–Trinajstić information content (AvgIpc) is 2.95. The number of hydrogen-bond acceptors (Lipinski definition) is 4. The van der Waals surface area contributed by atoms with Crippen molar-refractivity contribution in [3.63, 3.8) is 0 Å². The van der Waals surface area contributed by atoms with E-state index in [0.29, 0.717) is 0 Å². The van der Waals surface area contributed by atoms with Gasteiger partial charge in [0, 0.05) is 19.3 Å². The molecule has 1 N–H and O–H groups in total. The Balaban J connectivity index is 2.42. The summed E-state index contributed by atoms with van der Waals surface area (Å²) >= 11 is 3.59. The summed E-state index contributed by atoms with van der Waals surface area (Å²) in [6.45, 7) is 8.03. The summed E-state index contributed by atoms with van der Waals surface area (Å²) in [6, 6.07) is 0. The number of aromatic nitrogens is 4. The Morgan fingerprint density at radius 3 is 2.65 bits per heavy atom. The summed E-state index contributed by atoms with van der Waals surface area (Å²) in [7, 11) is 0. The van der Waals surface area contributed by atoms with Crippen LogP contribution in [0.2, 0.25) is 0 Å². The van der Waals surface area contributed by atoms with Crippen LogP contribution in [0.5, 0.6) is 0 Å². The topological polar surface area (TPSA) is 55.6 Å². The third-order valence-electron chi connectivity index (χ3n) is 3.01. The fourth-order valence-corrected chi connectivity index (χ4v) is 2.47. The zero-order chi connectivity index (χ0) is 14.5. The maximum absolute atomic E-state index is 4.63. The lowest BCUT2D eigenvalue weighted by molar-refractivity contribution is 0.660. The number of hydrogen-bond donors (Lipinski definition) is 1. The van der Waals surface area contributed by atoms with Crippen molar-refractivity contribution in [2.45, 2.75) is 40.2 Å². The SMILES string of the molecule is CCCNc1nc(-c2cnn(CC)c2)nc(CC)c1Br. The summed E-state index contributed by atoms with van der Waals surface area (Å²) < 4.78 is 2.84. The molecule has 0 saturated carbocycles. The Bertz CT molecular complexity index is 579. The van der Waals surface area contributed by atoms with Crippen molar-refractivity contribution in [3.8, 4) is 11.4 Å². The van der Waals surface area contributed by atoms with E-state index >= 15 is 0 Å². The minimum Gasteiger partial charge on any atom is -0.369 e. The first-order valence-corrected chi connectivity index (χ1v) is 7.81. The van der Waals surface area contributed by atoms with Gasteiger partial charge in [-0.2, -0.15) is 5.10 Å². The van der Waals surface area contributed by atoms with E-state index in [4.69, 9.17) is 0 Å². The smallest absolute Gasteiger partial charge is 0.165 e. The summed E-state index contributed by atoms with van der Waals surface area (Å²) in [5.41, 5.74) is 1.96. The highest BCUT2D eigenvalue weighted by atomic mass is 79.9.